The molecule has 1 N–H and O–H groups in total. The Hall–Kier alpha value is -1.91. The number of rotatable bonds is 11. The summed E-state index contributed by atoms with van der Waals surface area (Å²) in [6.45, 7) is 10.1. The average Bonchev–Trinajstić information content (AvgIpc) is 2.49. The van der Waals surface area contributed by atoms with Gasteiger partial charge in [0.1, 0.15) is 6.29 Å². The maximum Gasteiger partial charge on any atom is 0.219 e. The fourth-order valence-electron chi connectivity index (χ4n) is 2.37. The SMILES string of the molecule is C=CCC(C=O)(CCC(=O)NC)/C(=C/N=C)N(C)CCC. The first-order valence-electron chi connectivity index (χ1n) is 7.16. The Balaban J connectivity index is 5.53. The molecule has 0 aliphatic heterocycles. The largest absolute Gasteiger partial charge is 0.376 e. The molecule has 5 heteroatoms. The molecule has 0 radical (unpaired) electrons. The molecule has 5 nitrogen and oxygen atoms in total. The molecule has 0 bridgehead atoms. The number of aldehydes is 1. The Morgan fingerprint density at radius 2 is 2.14 bits per heavy atom. The summed E-state index contributed by atoms with van der Waals surface area (Å²) in [6.07, 6.45) is 6.31. The van der Waals surface area contributed by atoms with Crippen LogP contribution in [-0.4, -0.2) is 44.5 Å². The van der Waals surface area contributed by atoms with Crippen LogP contribution in [0.5, 0.6) is 0 Å². The van der Waals surface area contributed by atoms with E-state index in [1.54, 1.807) is 19.3 Å². The molecule has 0 saturated heterocycles. The molecule has 0 fully saturated rings. The highest BCUT2D eigenvalue weighted by molar-refractivity contribution is 5.76. The van der Waals surface area contributed by atoms with Crippen molar-refractivity contribution in [3.63, 3.8) is 0 Å². The number of amides is 1. The quantitative estimate of drug-likeness (QED) is 0.361. The Bertz CT molecular complexity index is 404. The van der Waals surface area contributed by atoms with Gasteiger partial charge in [0.25, 0.3) is 0 Å². The van der Waals surface area contributed by atoms with Crippen LogP contribution in [0, 0.1) is 5.41 Å². The van der Waals surface area contributed by atoms with Crippen molar-refractivity contribution in [1.29, 1.82) is 0 Å². The highest BCUT2D eigenvalue weighted by Crippen LogP contribution is 2.36. The van der Waals surface area contributed by atoms with Gasteiger partial charge in [-0.05, 0) is 26.0 Å². The third-order valence-corrected chi connectivity index (χ3v) is 3.51. The Morgan fingerprint density at radius 1 is 1.48 bits per heavy atom. The number of hydrogen-bond donors (Lipinski definition) is 1. The highest BCUT2D eigenvalue weighted by Gasteiger charge is 2.35. The average molecular weight is 293 g/mol. The van der Waals surface area contributed by atoms with Crippen LogP contribution < -0.4 is 5.32 Å². The number of nitrogens with zero attached hydrogens (tertiary/aromatic N) is 2. The van der Waals surface area contributed by atoms with Gasteiger partial charge in [0.2, 0.25) is 5.91 Å². The normalized spacial score (nSPS) is 14.0. The van der Waals surface area contributed by atoms with Gasteiger partial charge in [-0.2, -0.15) is 0 Å². The minimum absolute atomic E-state index is 0.0886. The number of carbonyl (C=O) groups is 2. The van der Waals surface area contributed by atoms with E-state index in [4.69, 9.17) is 0 Å². The zero-order chi connectivity index (χ0) is 16.3. The van der Waals surface area contributed by atoms with Crippen LogP contribution >= 0.6 is 0 Å². The number of nitrogens with one attached hydrogen (secondary N) is 1. The van der Waals surface area contributed by atoms with Gasteiger partial charge in [-0.3, -0.25) is 9.79 Å². The van der Waals surface area contributed by atoms with Crippen LogP contribution in [0.15, 0.2) is 29.5 Å². The first kappa shape index (κ1) is 19.1. The van der Waals surface area contributed by atoms with E-state index in [0.717, 1.165) is 24.9 Å². The first-order chi connectivity index (χ1) is 10.0. The van der Waals surface area contributed by atoms with Crippen LogP contribution in [0.3, 0.4) is 0 Å². The molecule has 0 aromatic heterocycles. The summed E-state index contributed by atoms with van der Waals surface area (Å²) in [5, 5.41) is 2.58. The van der Waals surface area contributed by atoms with Gasteiger partial charge in [0, 0.05) is 39.0 Å². The van der Waals surface area contributed by atoms with Crippen molar-refractivity contribution in [2.45, 2.75) is 32.6 Å². The van der Waals surface area contributed by atoms with Gasteiger partial charge in [0.05, 0.1) is 5.41 Å². The fourth-order valence-corrected chi connectivity index (χ4v) is 2.37. The summed E-state index contributed by atoms with van der Waals surface area (Å²) in [6, 6.07) is 0. The van der Waals surface area contributed by atoms with Crippen molar-refractivity contribution in [2.75, 3.05) is 20.6 Å². The Kier molecular flexibility index (Phi) is 9.01. The van der Waals surface area contributed by atoms with E-state index in [-0.39, 0.29) is 12.3 Å². The molecule has 1 atom stereocenters. The molecular weight excluding hydrogens is 266 g/mol. The Morgan fingerprint density at radius 3 is 2.57 bits per heavy atom. The van der Waals surface area contributed by atoms with Crippen molar-refractivity contribution in [3.8, 4) is 0 Å². The summed E-state index contributed by atoms with van der Waals surface area (Å²) in [5.41, 5.74) is -0.0162. The first-order valence-corrected chi connectivity index (χ1v) is 7.16. The van der Waals surface area contributed by atoms with Gasteiger partial charge < -0.3 is 15.0 Å². The maximum absolute atomic E-state index is 11.8. The summed E-state index contributed by atoms with van der Waals surface area (Å²) < 4.78 is 0. The molecule has 1 unspecified atom stereocenters. The number of allylic oxidation sites excluding steroid dienone is 2. The lowest BCUT2D eigenvalue weighted by Crippen LogP contribution is -2.36. The number of hydrogen-bond acceptors (Lipinski definition) is 4. The van der Waals surface area contributed by atoms with Crippen LogP contribution in [-0.2, 0) is 9.59 Å². The molecule has 0 aromatic rings. The van der Waals surface area contributed by atoms with Crippen LogP contribution in [0.25, 0.3) is 0 Å². The standard InChI is InChI=1S/C16H27N3O2/c1-6-9-16(13-20,10-8-15(21)18-4)14(12-17-3)19(5)11-7-2/h6,12-13H,1,3,7-11H2,2,4-5H3,(H,18,21)/b14-12-. The maximum atomic E-state index is 11.8. The van der Waals surface area contributed by atoms with Gasteiger partial charge in [-0.1, -0.05) is 13.0 Å². The highest BCUT2D eigenvalue weighted by atomic mass is 16.1. The second-order valence-electron chi connectivity index (χ2n) is 5.06. The van der Waals surface area contributed by atoms with Crippen LogP contribution in [0.2, 0.25) is 0 Å². The van der Waals surface area contributed by atoms with Crippen LogP contribution in [0.1, 0.15) is 32.6 Å². The lowest BCUT2D eigenvalue weighted by molar-refractivity contribution is -0.122. The molecule has 0 aliphatic rings. The number of aliphatic imine (C=N–C) groups is 1. The van der Waals surface area contributed by atoms with E-state index < -0.39 is 5.41 Å². The topological polar surface area (TPSA) is 61.8 Å². The molecule has 118 valence electrons. The second-order valence-corrected chi connectivity index (χ2v) is 5.06. The zero-order valence-electron chi connectivity index (χ0n) is 13.4. The smallest absolute Gasteiger partial charge is 0.219 e. The minimum atomic E-state index is -0.792. The molecule has 1 amide bonds. The van der Waals surface area contributed by atoms with Gasteiger partial charge in [0.15, 0.2) is 0 Å². The number of carbonyl (C=O) groups excluding carboxylic acids is 2. The predicted molar refractivity (Wildman–Crippen MR) is 87.2 cm³/mol. The Labute approximate surface area is 127 Å². The van der Waals surface area contributed by atoms with E-state index in [1.165, 1.54) is 0 Å². The molecular formula is C16H27N3O2. The molecule has 0 heterocycles. The molecule has 0 aliphatic carbocycles. The molecule has 0 aromatic carbocycles. The summed E-state index contributed by atoms with van der Waals surface area (Å²) in [4.78, 5) is 29.2. The van der Waals surface area contributed by atoms with E-state index >= 15 is 0 Å². The lowest BCUT2D eigenvalue weighted by atomic mass is 9.77. The fraction of sp³-hybridized carbons (Fsp3) is 0.562. The zero-order valence-corrected chi connectivity index (χ0v) is 13.4. The van der Waals surface area contributed by atoms with Crippen LogP contribution in [0.4, 0.5) is 0 Å². The van der Waals surface area contributed by atoms with Crippen molar-refractivity contribution in [2.24, 2.45) is 10.4 Å². The predicted octanol–water partition coefficient (Wildman–Crippen LogP) is 2.16. The summed E-state index contributed by atoms with van der Waals surface area (Å²) in [7, 11) is 3.51. The van der Waals surface area contributed by atoms with Gasteiger partial charge in [-0.15, -0.1) is 6.58 Å². The van der Waals surface area contributed by atoms with E-state index in [9.17, 15) is 9.59 Å². The minimum Gasteiger partial charge on any atom is -0.376 e. The third kappa shape index (κ3) is 5.53. The summed E-state index contributed by atoms with van der Waals surface area (Å²) >= 11 is 0. The summed E-state index contributed by atoms with van der Waals surface area (Å²) in [5.74, 6) is -0.0886. The van der Waals surface area contributed by atoms with Crippen molar-refractivity contribution < 1.29 is 9.59 Å². The monoisotopic (exact) mass is 293 g/mol. The lowest BCUT2D eigenvalue weighted by Gasteiger charge is -2.35. The van der Waals surface area contributed by atoms with E-state index in [2.05, 4.69) is 30.5 Å². The van der Waals surface area contributed by atoms with Crippen molar-refractivity contribution in [1.82, 2.24) is 10.2 Å². The second kappa shape index (κ2) is 9.91. The third-order valence-electron chi connectivity index (χ3n) is 3.51. The van der Waals surface area contributed by atoms with Crippen molar-refractivity contribution in [3.05, 3.63) is 24.6 Å². The molecule has 21 heavy (non-hydrogen) atoms. The van der Waals surface area contributed by atoms with Crippen molar-refractivity contribution >= 4 is 18.9 Å². The molecule has 0 spiro atoms. The van der Waals surface area contributed by atoms with E-state index in [1.807, 2.05) is 11.9 Å². The van der Waals surface area contributed by atoms with Gasteiger partial charge >= 0.3 is 0 Å². The van der Waals surface area contributed by atoms with E-state index in [0.29, 0.717) is 12.8 Å². The molecule has 0 rings (SSSR count). The van der Waals surface area contributed by atoms with Gasteiger partial charge in [-0.25, -0.2) is 0 Å². The molecule has 0 saturated carbocycles.